The van der Waals surface area contributed by atoms with Gasteiger partial charge in [0.25, 0.3) is 0 Å². The Morgan fingerprint density at radius 2 is 1.93 bits per heavy atom. The summed E-state index contributed by atoms with van der Waals surface area (Å²) < 4.78 is 5.38. The van der Waals surface area contributed by atoms with Gasteiger partial charge in [0.1, 0.15) is 5.69 Å². The van der Waals surface area contributed by atoms with Crippen LogP contribution in [0.1, 0.15) is 18.2 Å². The molecular weight excluding hydrogens is 342 g/mol. The number of pyridine rings is 1. The summed E-state index contributed by atoms with van der Waals surface area (Å²) in [5, 5.41) is 9.67. The molecule has 2 aromatic rings. The van der Waals surface area contributed by atoms with E-state index in [-0.39, 0.29) is 0 Å². The number of nitrogens with one attached hydrogen (secondary N) is 1. The van der Waals surface area contributed by atoms with Gasteiger partial charge >= 0.3 is 0 Å². The lowest BCUT2D eigenvalue weighted by Crippen LogP contribution is -2.52. The first kappa shape index (κ1) is 19.0. The minimum Gasteiger partial charge on any atom is -0.479 e. The highest BCUT2D eigenvalue weighted by Crippen LogP contribution is 2.28. The van der Waals surface area contributed by atoms with Crippen LogP contribution in [0, 0.1) is 6.92 Å². The van der Waals surface area contributed by atoms with E-state index < -0.39 is 0 Å². The molecule has 1 aromatic carbocycles. The average molecular weight is 369 g/mol. The number of guanidine groups is 1. The molecule has 0 spiro atoms. The van der Waals surface area contributed by atoms with E-state index in [4.69, 9.17) is 4.74 Å². The predicted molar refractivity (Wildman–Crippen MR) is 107 cm³/mol. The monoisotopic (exact) mass is 369 g/mol. The SMILES string of the molecule is CCc1cc(N=C(NO)N2CCN(c3ccccc3)CC2)c(OC)nc1C. The topological polar surface area (TPSA) is 73.2 Å². The molecule has 1 aromatic heterocycles. The lowest BCUT2D eigenvalue weighted by atomic mass is 10.1. The van der Waals surface area contributed by atoms with Gasteiger partial charge in [0.05, 0.1) is 7.11 Å². The van der Waals surface area contributed by atoms with Gasteiger partial charge in [0.2, 0.25) is 11.8 Å². The highest BCUT2D eigenvalue weighted by molar-refractivity contribution is 5.83. The maximum Gasteiger partial charge on any atom is 0.240 e. The minimum absolute atomic E-state index is 0.411. The number of hydrogen-bond acceptors (Lipinski definition) is 5. The minimum atomic E-state index is 0.411. The maximum atomic E-state index is 9.67. The standard InChI is InChI=1S/C20H27N5O2/c1-4-16-14-18(19(27-3)21-15(16)2)22-20(23-26)25-12-10-24(11-13-25)17-8-6-5-7-9-17/h5-9,14,26H,4,10-13H2,1-3H3,(H,22,23). The largest absolute Gasteiger partial charge is 0.479 e. The van der Waals surface area contributed by atoms with Gasteiger partial charge in [-0.2, -0.15) is 0 Å². The third-order valence-electron chi connectivity index (χ3n) is 4.87. The number of rotatable bonds is 4. The highest BCUT2D eigenvalue weighted by atomic mass is 16.5. The Morgan fingerprint density at radius 1 is 1.22 bits per heavy atom. The van der Waals surface area contributed by atoms with E-state index in [1.54, 1.807) is 7.11 Å². The fourth-order valence-corrected chi connectivity index (χ4v) is 3.30. The van der Waals surface area contributed by atoms with Crippen LogP contribution in [0.25, 0.3) is 0 Å². The summed E-state index contributed by atoms with van der Waals surface area (Å²) in [6.45, 7) is 7.26. The molecule has 0 saturated carbocycles. The van der Waals surface area contributed by atoms with Crippen molar-refractivity contribution in [3.05, 3.63) is 47.7 Å². The molecule has 0 radical (unpaired) electrons. The third-order valence-corrected chi connectivity index (χ3v) is 4.87. The Labute approximate surface area is 160 Å². The lowest BCUT2D eigenvalue weighted by molar-refractivity contribution is 0.207. The summed E-state index contributed by atoms with van der Waals surface area (Å²) >= 11 is 0. The molecule has 0 aliphatic carbocycles. The van der Waals surface area contributed by atoms with Crippen molar-refractivity contribution in [3.63, 3.8) is 0 Å². The Morgan fingerprint density at radius 3 is 2.52 bits per heavy atom. The van der Waals surface area contributed by atoms with Crippen LogP contribution in [0.2, 0.25) is 0 Å². The quantitative estimate of drug-likeness (QED) is 0.490. The van der Waals surface area contributed by atoms with E-state index in [2.05, 4.69) is 39.4 Å². The summed E-state index contributed by atoms with van der Waals surface area (Å²) in [6.07, 6.45) is 0.864. The zero-order valence-corrected chi connectivity index (χ0v) is 16.1. The molecule has 0 amide bonds. The lowest BCUT2D eigenvalue weighted by Gasteiger charge is -2.37. The second-order valence-electron chi connectivity index (χ2n) is 6.47. The van der Waals surface area contributed by atoms with E-state index in [9.17, 15) is 5.21 Å². The van der Waals surface area contributed by atoms with Crippen LogP contribution in [-0.2, 0) is 6.42 Å². The van der Waals surface area contributed by atoms with Crippen molar-refractivity contribution in [2.24, 2.45) is 4.99 Å². The molecule has 1 aliphatic heterocycles. The Balaban J connectivity index is 1.78. The second kappa shape index (κ2) is 8.73. The Hall–Kier alpha value is -2.80. The van der Waals surface area contributed by atoms with E-state index >= 15 is 0 Å². The molecule has 2 heterocycles. The van der Waals surface area contributed by atoms with Gasteiger partial charge in [-0.1, -0.05) is 25.1 Å². The first-order valence-electron chi connectivity index (χ1n) is 9.24. The molecule has 1 saturated heterocycles. The van der Waals surface area contributed by atoms with Crippen LogP contribution in [0.4, 0.5) is 11.4 Å². The van der Waals surface area contributed by atoms with Crippen molar-refractivity contribution in [1.82, 2.24) is 15.4 Å². The van der Waals surface area contributed by atoms with Crippen LogP contribution < -0.4 is 15.1 Å². The number of anilines is 1. The number of aryl methyl sites for hydroxylation is 2. The smallest absolute Gasteiger partial charge is 0.240 e. The molecule has 0 bridgehead atoms. The van der Waals surface area contributed by atoms with Gasteiger partial charge in [-0.3, -0.25) is 5.21 Å². The van der Waals surface area contributed by atoms with E-state index in [1.165, 1.54) is 5.69 Å². The van der Waals surface area contributed by atoms with E-state index in [1.807, 2.05) is 36.1 Å². The number of hydroxylamine groups is 1. The number of aliphatic imine (C=N–C) groups is 1. The molecule has 7 nitrogen and oxygen atoms in total. The highest BCUT2D eigenvalue weighted by Gasteiger charge is 2.21. The first-order chi connectivity index (χ1) is 13.2. The number of piperazine rings is 1. The number of hydrogen-bond donors (Lipinski definition) is 2. The molecular formula is C20H27N5O2. The van der Waals surface area contributed by atoms with Gasteiger partial charge in [-0.05, 0) is 37.1 Å². The van der Waals surface area contributed by atoms with Gasteiger partial charge in [-0.15, -0.1) is 0 Å². The summed E-state index contributed by atoms with van der Waals surface area (Å²) in [5.41, 5.74) is 6.12. The average Bonchev–Trinajstić information content (AvgIpc) is 2.73. The second-order valence-corrected chi connectivity index (χ2v) is 6.47. The summed E-state index contributed by atoms with van der Waals surface area (Å²) in [7, 11) is 1.58. The van der Waals surface area contributed by atoms with Crippen molar-refractivity contribution in [3.8, 4) is 5.88 Å². The fourth-order valence-electron chi connectivity index (χ4n) is 3.30. The van der Waals surface area contributed by atoms with Gasteiger partial charge in [0.15, 0.2) is 0 Å². The van der Waals surface area contributed by atoms with Crippen LogP contribution >= 0.6 is 0 Å². The zero-order valence-electron chi connectivity index (χ0n) is 16.1. The van der Waals surface area contributed by atoms with E-state index in [0.29, 0.717) is 17.5 Å². The van der Waals surface area contributed by atoms with Crippen LogP contribution in [0.5, 0.6) is 5.88 Å². The molecule has 1 fully saturated rings. The molecule has 27 heavy (non-hydrogen) atoms. The molecule has 144 valence electrons. The van der Waals surface area contributed by atoms with Crippen molar-refractivity contribution >= 4 is 17.3 Å². The predicted octanol–water partition coefficient (Wildman–Crippen LogP) is 2.75. The number of methoxy groups -OCH3 is 1. The molecule has 0 atom stereocenters. The molecule has 3 rings (SSSR count). The van der Waals surface area contributed by atoms with Crippen LogP contribution in [-0.4, -0.2) is 54.3 Å². The van der Waals surface area contributed by atoms with Crippen molar-refractivity contribution in [1.29, 1.82) is 0 Å². The molecule has 0 unspecified atom stereocenters. The fraction of sp³-hybridized carbons (Fsp3) is 0.400. The van der Waals surface area contributed by atoms with Crippen molar-refractivity contribution in [2.75, 3.05) is 38.2 Å². The normalized spacial score (nSPS) is 15.0. The summed E-state index contributed by atoms with van der Waals surface area (Å²) in [4.78, 5) is 13.4. The number of benzene rings is 1. The number of nitrogens with zero attached hydrogens (tertiary/aromatic N) is 4. The van der Waals surface area contributed by atoms with Gasteiger partial charge in [-0.25, -0.2) is 15.5 Å². The summed E-state index contributed by atoms with van der Waals surface area (Å²) in [6, 6.07) is 12.3. The molecule has 7 heteroatoms. The van der Waals surface area contributed by atoms with Crippen LogP contribution in [0.3, 0.4) is 0 Å². The summed E-state index contributed by atoms with van der Waals surface area (Å²) in [5.74, 6) is 0.870. The Bertz CT molecular complexity index is 786. The van der Waals surface area contributed by atoms with Crippen molar-refractivity contribution < 1.29 is 9.94 Å². The maximum absolute atomic E-state index is 9.67. The number of para-hydroxylation sites is 1. The number of aromatic nitrogens is 1. The van der Waals surface area contributed by atoms with Crippen molar-refractivity contribution in [2.45, 2.75) is 20.3 Å². The van der Waals surface area contributed by atoms with E-state index in [0.717, 1.165) is 43.9 Å². The molecule has 1 aliphatic rings. The number of ether oxygens (including phenoxy) is 1. The Kier molecular flexibility index (Phi) is 6.13. The third kappa shape index (κ3) is 4.31. The van der Waals surface area contributed by atoms with Crippen LogP contribution in [0.15, 0.2) is 41.4 Å². The first-order valence-corrected chi connectivity index (χ1v) is 9.24. The van der Waals surface area contributed by atoms with Gasteiger partial charge < -0.3 is 14.5 Å². The molecule has 2 N–H and O–H groups in total. The van der Waals surface area contributed by atoms with Gasteiger partial charge in [0, 0.05) is 37.6 Å². The zero-order chi connectivity index (χ0) is 19.2.